The number of rotatable bonds is 6. The maximum atomic E-state index is 5.53. The largest absolute Gasteiger partial charge is 0.0842 e. The van der Waals surface area contributed by atoms with Gasteiger partial charge in [0.15, 0.2) is 0 Å². The van der Waals surface area contributed by atoms with E-state index in [-0.39, 0.29) is 0 Å². The molecule has 0 rings (SSSR count). The van der Waals surface area contributed by atoms with Crippen LogP contribution in [0.4, 0.5) is 0 Å². The summed E-state index contributed by atoms with van der Waals surface area (Å²) >= 11 is 0. The average Bonchev–Trinajstić information content (AvgIpc) is 2.10. The topological polar surface area (TPSA) is 0 Å². The number of hydrogen-bond acceptors (Lipinski definition) is 0. The van der Waals surface area contributed by atoms with Crippen molar-refractivity contribution in [1.29, 1.82) is 0 Å². The molecule has 0 unspecified atom stereocenters. The normalized spacial score (nSPS) is 14.1. The fourth-order valence-electron chi connectivity index (χ4n) is 0.836. The molecule has 0 amide bonds. The summed E-state index contributed by atoms with van der Waals surface area (Å²) in [5, 5.41) is 0. The molecule has 0 fully saturated rings. The van der Waals surface area contributed by atoms with Crippen LogP contribution in [0.15, 0.2) is 29.9 Å². The van der Waals surface area contributed by atoms with E-state index in [0.29, 0.717) is 5.92 Å². The molecule has 2 radical (unpaired) electrons. The van der Waals surface area contributed by atoms with Crippen molar-refractivity contribution in [3.05, 3.63) is 43.4 Å². The maximum Gasteiger partial charge on any atom is -0.0259 e. The van der Waals surface area contributed by atoms with Crippen LogP contribution in [0.5, 0.6) is 0 Å². The lowest BCUT2D eigenvalue weighted by molar-refractivity contribution is 0.742. The van der Waals surface area contributed by atoms with Crippen molar-refractivity contribution in [2.24, 2.45) is 5.92 Å². The van der Waals surface area contributed by atoms with E-state index < -0.39 is 0 Å². The Kier molecular flexibility index (Phi) is 7.38. The summed E-state index contributed by atoms with van der Waals surface area (Å²) in [6.07, 6.45) is 11.4. The van der Waals surface area contributed by atoms with E-state index in [1.807, 2.05) is 6.92 Å². The van der Waals surface area contributed by atoms with Crippen LogP contribution in [-0.2, 0) is 0 Å². The summed E-state index contributed by atoms with van der Waals surface area (Å²) in [5.74, 6) is 0.576. The van der Waals surface area contributed by atoms with Crippen molar-refractivity contribution >= 4 is 0 Å². The van der Waals surface area contributed by atoms with Gasteiger partial charge in [-0.15, -0.1) is 0 Å². The molecule has 0 heterocycles. The summed E-state index contributed by atoms with van der Waals surface area (Å²) < 4.78 is 0. The first kappa shape index (κ1) is 12.2. The zero-order valence-corrected chi connectivity index (χ0v) is 8.79. The van der Waals surface area contributed by atoms with Crippen LogP contribution >= 0.6 is 0 Å². The summed E-state index contributed by atoms with van der Waals surface area (Å²) in [5.41, 5.74) is 1.000. The highest BCUT2D eigenvalue weighted by Crippen LogP contribution is 2.03. The summed E-state index contributed by atoms with van der Waals surface area (Å²) in [6.45, 7) is 13.5. The molecule has 0 spiro atoms. The lowest BCUT2D eigenvalue weighted by Crippen LogP contribution is -1.82. The van der Waals surface area contributed by atoms with E-state index in [0.717, 1.165) is 24.8 Å². The van der Waals surface area contributed by atoms with Gasteiger partial charge in [0.25, 0.3) is 0 Å². The minimum Gasteiger partial charge on any atom is -0.0842 e. The second kappa shape index (κ2) is 7.85. The molecular formula is C13H20. The second-order valence-corrected chi connectivity index (χ2v) is 3.46. The number of hydrogen-bond donors (Lipinski definition) is 0. The maximum absolute atomic E-state index is 5.53. The molecule has 0 aliphatic rings. The Bertz CT molecular complexity index is 184. The smallest absolute Gasteiger partial charge is 0.0259 e. The van der Waals surface area contributed by atoms with Crippen LogP contribution in [0.25, 0.3) is 0 Å². The summed E-state index contributed by atoms with van der Waals surface area (Å²) in [4.78, 5) is 0. The van der Waals surface area contributed by atoms with Crippen molar-refractivity contribution in [2.45, 2.75) is 33.1 Å². The fourth-order valence-corrected chi connectivity index (χ4v) is 0.836. The second-order valence-electron chi connectivity index (χ2n) is 3.46. The third-order valence-electron chi connectivity index (χ3n) is 1.85. The average molecular weight is 176 g/mol. The Morgan fingerprint density at radius 1 is 1.46 bits per heavy atom. The van der Waals surface area contributed by atoms with Crippen LogP contribution < -0.4 is 0 Å². The van der Waals surface area contributed by atoms with Crippen molar-refractivity contribution in [3.8, 4) is 0 Å². The molecule has 0 saturated carbocycles. The molecule has 13 heavy (non-hydrogen) atoms. The van der Waals surface area contributed by atoms with Gasteiger partial charge in [0.2, 0.25) is 0 Å². The van der Waals surface area contributed by atoms with Crippen LogP contribution in [0, 0.1) is 19.4 Å². The van der Waals surface area contributed by atoms with Crippen molar-refractivity contribution in [2.75, 3.05) is 0 Å². The molecule has 0 aromatic heterocycles. The van der Waals surface area contributed by atoms with Crippen molar-refractivity contribution in [1.82, 2.24) is 0 Å². The first-order chi connectivity index (χ1) is 6.16. The molecule has 1 atom stereocenters. The molecule has 72 valence electrons. The molecule has 0 heteroatoms. The molecule has 0 aliphatic carbocycles. The molecule has 0 aromatic carbocycles. The minimum atomic E-state index is 0.576. The monoisotopic (exact) mass is 176 g/mol. The Labute approximate surface area is 83.0 Å². The van der Waals surface area contributed by atoms with Gasteiger partial charge < -0.3 is 0 Å². The predicted molar refractivity (Wildman–Crippen MR) is 60.1 cm³/mol. The van der Waals surface area contributed by atoms with Crippen molar-refractivity contribution < 1.29 is 0 Å². The third kappa shape index (κ3) is 9.13. The third-order valence-corrected chi connectivity index (χ3v) is 1.85. The van der Waals surface area contributed by atoms with E-state index in [4.69, 9.17) is 6.58 Å². The Balaban J connectivity index is 3.51. The Hall–Kier alpha value is -0.780. The van der Waals surface area contributed by atoms with E-state index in [9.17, 15) is 0 Å². The van der Waals surface area contributed by atoms with Gasteiger partial charge in [-0.25, -0.2) is 0 Å². The van der Waals surface area contributed by atoms with E-state index in [1.165, 1.54) is 0 Å². The van der Waals surface area contributed by atoms with Gasteiger partial charge in [-0.2, -0.15) is 0 Å². The summed E-state index contributed by atoms with van der Waals surface area (Å²) in [6, 6.07) is 0. The molecular weight excluding hydrogens is 156 g/mol. The lowest BCUT2D eigenvalue weighted by Gasteiger charge is -1.96. The zero-order chi connectivity index (χ0) is 10.1. The first-order valence-electron chi connectivity index (χ1n) is 4.87. The Morgan fingerprint density at radius 2 is 2.15 bits per heavy atom. The molecule has 0 N–H and O–H groups in total. The zero-order valence-electron chi connectivity index (χ0n) is 8.79. The van der Waals surface area contributed by atoms with E-state index >= 15 is 0 Å². The van der Waals surface area contributed by atoms with Gasteiger partial charge in [0.1, 0.15) is 0 Å². The van der Waals surface area contributed by atoms with Gasteiger partial charge >= 0.3 is 0 Å². The van der Waals surface area contributed by atoms with Crippen LogP contribution in [-0.4, -0.2) is 0 Å². The SMILES string of the molecule is [CH]=C(C)CC/C=C/C=C\[C@@H](C)C[CH2]. The predicted octanol–water partition coefficient (Wildman–Crippen LogP) is 4.12. The fraction of sp³-hybridized carbons (Fsp3) is 0.462. The van der Waals surface area contributed by atoms with Crippen molar-refractivity contribution in [3.63, 3.8) is 0 Å². The molecule has 0 bridgehead atoms. The van der Waals surface area contributed by atoms with Gasteiger partial charge in [-0.05, 0) is 32.1 Å². The summed E-state index contributed by atoms with van der Waals surface area (Å²) in [7, 11) is 0. The van der Waals surface area contributed by atoms with Crippen LogP contribution in [0.3, 0.4) is 0 Å². The molecule has 0 saturated heterocycles. The standard InChI is InChI=1S/C13H20/c1-5-13(4)11-9-7-6-8-10-12(2)3/h2,6-7,9,11,13H,1,5,8,10H2,3-4H3/b7-6+,11-9-,12-2?/t13-/m0/s1. The first-order valence-corrected chi connectivity index (χ1v) is 4.87. The highest BCUT2D eigenvalue weighted by molar-refractivity contribution is 5.04. The van der Waals surface area contributed by atoms with Gasteiger partial charge in [0, 0.05) is 0 Å². The quantitative estimate of drug-likeness (QED) is 0.534. The van der Waals surface area contributed by atoms with Gasteiger partial charge in [-0.3, -0.25) is 0 Å². The van der Waals surface area contributed by atoms with Gasteiger partial charge in [0.05, 0.1) is 0 Å². The number of allylic oxidation sites excluding steroid dienone is 5. The Morgan fingerprint density at radius 3 is 2.69 bits per heavy atom. The molecule has 0 nitrogen and oxygen atoms in total. The molecule has 0 aliphatic heterocycles. The highest BCUT2D eigenvalue weighted by Gasteiger charge is 1.87. The van der Waals surface area contributed by atoms with Crippen LogP contribution in [0.1, 0.15) is 33.1 Å². The van der Waals surface area contributed by atoms with E-state index in [1.54, 1.807) is 0 Å². The molecule has 0 aromatic rings. The van der Waals surface area contributed by atoms with Crippen LogP contribution in [0.2, 0.25) is 0 Å². The lowest BCUT2D eigenvalue weighted by atomic mass is 10.1. The minimum absolute atomic E-state index is 0.576. The van der Waals surface area contributed by atoms with E-state index in [2.05, 4.69) is 38.2 Å². The van der Waals surface area contributed by atoms with Gasteiger partial charge in [-0.1, -0.05) is 50.3 Å². The highest BCUT2D eigenvalue weighted by atomic mass is 13.9.